The molecule has 1 fully saturated rings. The van der Waals surface area contributed by atoms with E-state index in [-0.39, 0.29) is 6.04 Å². The first-order chi connectivity index (χ1) is 11.5. The maximum atomic E-state index is 13.6. The van der Waals surface area contributed by atoms with Gasteiger partial charge in [-0.15, -0.1) is 0 Å². The third kappa shape index (κ3) is 5.37. The molecule has 0 aromatic heterocycles. The SMILES string of the molecule is CC(C)(C)OC(=O)NC1CCC(C(=O)Nc2cc(F)c(F)cc2F)C1. The highest BCUT2D eigenvalue weighted by Crippen LogP contribution is 2.28. The molecule has 138 valence electrons. The maximum absolute atomic E-state index is 13.6. The van der Waals surface area contributed by atoms with Crippen LogP contribution >= 0.6 is 0 Å². The summed E-state index contributed by atoms with van der Waals surface area (Å²) in [7, 11) is 0. The van der Waals surface area contributed by atoms with Crippen molar-refractivity contribution in [1.29, 1.82) is 0 Å². The van der Waals surface area contributed by atoms with Crippen molar-refractivity contribution in [2.24, 2.45) is 5.92 Å². The molecule has 1 saturated carbocycles. The summed E-state index contributed by atoms with van der Waals surface area (Å²) in [5.41, 5.74) is -1.03. The lowest BCUT2D eigenvalue weighted by Crippen LogP contribution is -2.38. The molecule has 2 rings (SSSR count). The Bertz CT molecular complexity index is 674. The van der Waals surface area contributed by atoms with Crippen molar-refractivity contribution in [2.75, 3.05) is 5.32 Å². The van der Waals surface area contributed by atoms with Crippen LogP contribution in [0.3, 0.4) is 0 Å². The molecule has 0 spiro atoms. The number of amides is 2. The van der Waals surface area contributed by atoms with Crippen LogP contribution in [-0.4, -0.2) is 23.6 Å². The van der Waals surface area contributed by atoms with Crippen LogP contribution in [0.2, 0.25) is 0 Å². The fourth-order valence-corrected chi connectivity index (χ4v) is 2.68. The minimum atomic E-state index is -1.32. The maximum Gasteiger partial charge on any atom is 0.407 e. The van der Waals surface area contributed by atoms with Crippen LogP contribution in [0.15, 0.2) is 12.1 Å². The number of carbonyl (C=O) groups is 2. The number of benzene rings is 1. The summed E-state index contributed by atoms with van der Waals surface area (Å²) in [6, 6.07) is 0.751. The minimum Gasteiger partial charge on any atom is -0.444 e. The number of carbonyl (C=O) groups excluding carboxylic acids is 2. The quantitative estimate of drug-likeness (QED) is 0.809. The normalized spacial score (nSPS) is 20.2. The molecule has 2 amide bonds. The van der Waals surface area contributed by atoms with E-state index in [1.807, 2.05) is 0 Å². The standard InChI is InChI=1S/C17H21F3N2O3/c1-17(2,3)25-16(24)21-10-5-4-9(6-10)15(23)22-14-8-12(19)11(18)7-13(14)20/h7-10H,4-6H2,1-3H3,(H,21,24)(H,22,23). The molecule has 0 radical (unpaired) electrons. The summed E-state index contributed by atoms with van der Waals surface area (Å²) in [5.74, 6) is -4.58. The van der Waals surface area contributed by atoms with Crippen LogP contribution < -0.4 is 10.6 Å². The fraction of sp³-hybridized carbons (Fsp3) is 0.529. The second-order valence-corrected chi connectivity index (χ2v) is 7.09. The Morgan fingerprint density at radius 3 is 2.36 bits per heavy atom. The van der Waals surface area contributed by atoms with Gasteiger partial charge in [-0.05, 0) is 40.0 Å². The molecule has 0 saturated heterocycles. The molecule has 0 bridgehead atoms. The molecule has 0 aliphatic heterocycles. The number of hydrogen-bond acceptors (Lipinski definition) is 3. The lowest BCUT2D eigenvalue weighted by Gasteiger charge is -2.21. The van der Waals surface area contributed by atoms with Crippen LogP contribution in [0.5, 0.6) is 0 Å². The van der Waals surface area contributed by atoms with E-state index in [9.17, 15) is 22.8 Å². The van der Waals surface area contributed by atoms with Crippen molar-refractivity contribution < 1.29 is 27.5 Å². The molecule has 5 nitrogen and oxygen atoms in total. The molecule has 1 aliphatic carbocycles. The Morgan fingerprint density at radius 2 is 1.72 bits per heavy atom. The van der Waals surface area contributed by atoms with Gasteiger partial charge in [0, 0.05) is 24.1 Å². The Morgan fingerprint density at radius 1 is 1.08 bits per heavy atom. The van der Waals surface area contributed by atoms with E-state index in [0.29, 0.717) is 31.4 Å². The van der Waals surface area contributed by atoms with Crippen LogP contribution in [0.1, 0.15) is 40.0 Å². The summed E-state index contributed by atoms with van der Waals surface area (Å²) in [6.07, 6.45) is 0.844. The highest BCUT2D eigenvalue weighted by Gasteiger charge is 2.32. The van der Waals surface area contributed by atoms with Gasteiger partial charge in [-0.1, -0.05) is 0 Å². The molecule has 8 heteroatoms. The Labute approximate surface area is 143 Å². The zero-order chi connectivity index (χ0) is 18.8. The average Bonchev–Trinajstić information content (AvgIpc) is 2.91. The molecule has 2 unspecified atom stereocenters. The second-order valence-electron chi connectivity index (χ2n) is 7.09. The predicted octanol–water partition coefficient (Wildman–Crippen LogP) is 3.74. The van der Waals surface area contributed by atoms with Crippen molar-refractivity contribution in [2.45, 2.75) is 51.7 Å². The molecule has 2 atom stereocenters. The summed E-state index contributed by atoms with van der Waals surface area (Å²) >= 11 is 0. The highest BCUT2D eigenvalue weighted by molar-refractivity contribution is 5.93. The highest BCUT2D eigenvalue weighted by atomic mass is 19.2. The van der Waals surface area contributed by atoms with Crippen LogP contribution in [0.25, 0.3) is 0 Å². The zero-order valence-corrected chi connectivity index (χ0v) is 14.3. The zero-order valence-electron chi connectivity index (χ0n) is 14.3. The van der Waals surface area contributed by atoms with Crippen molar-refractivity contribution in [3.63, 3.8) is 0 Å². The van der Waals surface area contributed by atoms with Crippen LogP contribution in [-0.2, 0) is 9.53 Å². The van der Waals surface area contributed by atoms with E-state index < -0.39 is 46.7 Å². The van der Waals surface area contributed by atoms with E-state index in [0.717, 1.165) is 0 Å². The minimum absolute atomic E-state index is 0.236. The smallest absolute Gasteiger partial charge is 0.407 e. The van der Waals surface area contributed by atoms with Gasteiger partial charge in [0.15, 0.2) is 11.6 Å². The van der Waals surface area contributed by atoms with Gasteiger partial charge in [0.2, 0.25) is 5.91 Å². The molecular formula is C17H21F3N2O3. The largest absolute Gasteiger partial charge is 0.444 e. The van der Waals surface area contributed by atoms with Gasteiger partial charge in [-0.2, -0.15) is 0 Å². The third-order valence-electron chi connectivity index (χ3n) is 3.79. The van der Waals surface area contributed by atoms with Crippen LogP contribution in [0, 0.1) is 23.4 Å². The van der Waals surface area contributed by atoms with E-state index in [2.05, 4.69) is 10.6 Å². The second kappa shape index (κ2) is 7.33. The Balaban J connectivity index is 1.90. The van der Waals surface area contributed by atoms with E-state index >= 15 is 0 Å². The molecule has 1 aromatic rings. The fourth-order valence-electron chi connectivity index (χ4n) is 2.68. The molecular weight excluding hydrogens is 337 g/mol. The molecule has 1 aliphatic rings. The van der Waals surface area contributed by atoms with Crippen molar-refractivity contribution >= 4 is 17.7 Å². The average molecular weight is 358 g/mol. The molecule has 2 N–H and O–H groups in total. The first-order valence-electron chi connectivity index (χ1n) is 8.00. The number of hydrogen-bond donors (Lipinski definition) is 2. The number of halogens is 3. The van der Waals surface area contributed by atoms with Gasteiger partial charge in [0.1, 0.15) is 11.4 Å². The van der Waals surface area contributed by atoms with E-state index in [1.165, 1.54) is 0 Å². The van der Waals surface area contributed by atoms with Gasteiger partial charge in [-0.3, -0.25) is 4.79 Å². The molecule has 25 heavy (non-hydrogen) atoms. The van der Waals surface area contributed by atoms with Gasteiger partial charge >= 0.3 is 6.09 Å². The molecule has 0 heterocycles. The first-order valence-corrected chi connectivity index (χ1v) is 8.00. The lowest BCUT2D eigenvalue weighted by atomic mass is 10.1. The summed E-state index contributed by atoms with van der Waals surface area (Å²) in [6.45, 7) is 5.23. The van der Waals surface area contributed by atoms with E-state index in [4.69, 9.17) is 4.74 Å². The van der Waals surface area contributed by atoms with Crippen molar-refractivity contribution in [1.82, 2.24) is 5.32 Å². The first kappa shape index (κ1) is 19.1. The summed E-state index contributed by atoms with van der Waals surface area (Å²) in [5, 5.41) is 4.96. The number of ether oxygens (including phenoxy) is 1. The Kier molecular flexibility index (Phi) is 5.59. The third-order valence-corrected chi connectivity index (χ3v) is 3.79. The number of alkyl carbamates (subject to hydrolysis) is 1. The number of anilines is 1. The number of nitrogens with one attached hydrogen (secondary N) is 2. The monoisotopic (exact) mass is 358 g/mol. The van der Waals surface area contributed by atoms with Gasteiger partial charge in [0.25, 0.3) is 0 Å². The lowest BCUT2D eigenvalue weighted by molar-refractivity contribution is -0.119. The van der Waals surface area contributed by atoms with Gasteiger partial charge < -0.3 is 15.4 Å². The Hall–Kier alpha value is -2.25. The van der Waals surface area contributed by atoms with Crippen molar-refractivity contribution in [3.8, 4) is 0 Å². The number of rotatable bonds is 3. The molecule has 1 aromatic carbocycles. The summed E-state index contributed by atoms with van der Waals surface area (Å²) < 4.78 is 44.8. The van der Waals surface area contributed by atoms with Gasteiger partial charge in [-0.25, -0.2) is 18.0 Å². The summed E-state index contributed by atoms with van der Waals surface area (Å²) in [4.78, 5) is 23.9. The van der Waals surface area contributed by atoms with Crippen molar-refractivity contribution in [3.05, 3.63) is 29.6 Å². The topological polar surface area (TPSA) is 67.4 Å². The van der Waals surface area contributed by atoms with Crippen LogP contribution in [0.4, 0.5) is 23.7 Å². The predicted molar refractivity (Wildman–Crippen MR) is 85.4 cm³/mol. The van der Waals surface area contributed by atoms with Gasteiger partial charge in [0.05, 0.1) is 5.69 Å². The van der Waals surface area contributed by atoms with E-state index in [1.54, 1.807) is 20.8 Å².